The Hall–Kier alpha value is -1.39. The first kappa shape index (κ1) is 12.7. The summed E-state index contributed by atoms with van der Waals surface area (Å²) in [6.07, 6.45) is 0. The van der Waals surface area contributed by atoms with E-state index in [0.29, 0.717) is 5.56 Å². The van der Waals surface area contributed by atoms with Gasteiger partial charge in [-0.25, -0.2) is 5.90 Å². The Bertz CT molecular complexity index is 369. The molecule has 0 saturated carbocycles. The summed E-state index contributed by atoms with van der Waals surface area (Å²) >= 11 is 0. The molecule has 0 unspecified atom stereocenters. The van der Waals surface area contributed by atoms with Crippen LogP contribution in [-0.4, -0.2) is 24.9 Å². The second-order valence-corrected chi connectivity index (χ2v) is 4.41. The molecule has 2 N–H and O–H groups in total. The van der Waals surface area contributed by atoms with E-state index in [2.05, 4.69) is 0 Å². The zero-order chi connectivity index (χ0) is 12.3. The van der Waals surface area contributed by atoms with Gasteiger partial charge in [-0.3, -0.25) is 9.63 Å². The van der Waals surface area contributed by atoms with E-state index in [-0.39, 0.29) is 5.91 Å². The molecule has 16 heavy (non-hydrogen) atoms. The van der Waals surface area contributed by atoms with E-state index in [1.807, 2.05) is 26.0 Å². The maximum Gasteiger partial charge on any atom is 0.253 e. The third-order valence-electron chi connectivity index (χ3n) is 2.53. The van der Waals surface area contributed by atoms with Crippen molar-refractivity contribution in [2.75, 3.05) is 14.1 Å². The number of carbonyl (C=O) groups is 1. The van der Waals surface area contributed by atoms with E-state index in [0.717, 1.165) is 5.56 Å². The quantitative estimate of drug-likeness (QED) is 0.789. The summed E-state index contributed by atoms with van der Waals surface area (Å²) in [6, 6.07) is 7.25. The van der Waals surface area contributed by atoms with E-state index in [9.17, 15) is 4.79 Å². The topological polar surface area (TPSA) is 55.6 Å². The highest BCUT2D eigenvalue weighted by molar-refractivity contribution is 5.93. The van der Waals surface area contributed by atoms with Crippen LogP contribution in [-0.2, 0) is 10.4 Å². The average Bonchev–Trinajstić information content (AvgIpc) is 2.28. The van der Waals surface area contributed by atoms with E-state index < -0.39 is 5.60 Å². The molecular weight excluding hydrogens is 204 g/mol. The molecule has 0 heterocycles. The Morgan fingerprint density at radius 3 is 2.12 bits per heavy atom. The van der Waals surface area contributed by atoms with Crippen LogP contribution in [0.15, 0.2) is 24.3 Å². The van der Waals surface area contributed by atoms with Gasteiger partial charge in [-0.15, -0.1) is 0 Å². The number of rotatable bonds is 3. The highest BCUT2D eigenvalue weighted by Crippen LogP contribution is 2.23. The van der Waals surface area contributed by atoms with Gasteiger partial charge in [0.1, 0.15) is 5.60 Å². The van der Waals surface area contributed by atoms with E-state index >= 15 is 0 Å². The van der Waals surface area contributed by atoms with Crippen LogP contribution in [0.25, 0.3) is 0 Å². The SMILES string of the molecule is CN(C)C(=O)c1ccc(C(C)(C)ON)cc1. The first-order valence-corrected chi connectivity index (χ1v) is 5.08. The summed E-state index contributed by atoms with van der Waals surface area (Å²) in [4.78, 5) is 18.1. The van der Waals surface area contributed by atoms with Crippen LogP contribution >= 0.6 is 0 Å². The molecule has 0 fully saturated rings. The largest absolute Gasteiger partial charge is 0.345 e. The molecule has 1 rings (SSSR count). The van der Waals surface area contributed by atoms with E-state index in [1.165, 1.54) is 0 Å². The van der Waals surface area contributed by atoms with Crippen molar-refractivity contribution < 1.29 is 9.63 Å². The molecule has 1 aromatic carbocycles. The first-order valence-electron chi connectivity index (χ1n) is 5.08. The van der Waals surface area contributed by atoms with Gasteiger partial charge in [0.25, 0.3) is 5.91 Å². The van der Waals surface area contributed by atoms with Gasteiger partial charge in [-0.1, -0.05) is 12.1 Å². The number of nitrogens with two attached hydrogens (primary N) is 1. The van der Waals surface area contributed by atoms with Crippen molar-refractivity contribution in [2.24, 2.45) is 5.90 Å². The summed E-state index contributed by atoms with van der Waals surface area (Å²) in [6.45, 7) is 3.74. The zero-order valence-corrected chi connectivity index (χ0v) is 10.2. The average molecular weight is 222 g/mol. The van der Waals surface area contributed by atoms with Gasteiger partial charge in [0.15, 0.2) is 0 Å². The van der Waals surface area contributed by atoms with Gasteiger partial charge in [0, 0.05) is 19.7 Å². The number of hydrogen-bond acceptors (Lipinski definition) is 3. The second-order valence-electron chi connectivity index (χ2n) is 4.41. The number of benzene rings is 1. The maximum absolute atomic E-state index is 11.6. The van der Waals surface area contributed by atoms with Gasteiger partial charge in [-0.2, -0.15) is 0 Å². The van der Waals surface area contributed by atoms with Crippen LogP contribution < -0.4 is 5.90 Å². The lowest BCUT2D eigenvalue weighted by molar-refractivity contribution is -0.0236. The molecule has 0 aromatic heterocycles. The Morgan fingerprint density at radius 2 is 1.75 bits per heavy atom. The summed E-state index contributed by atoms with van der Waals surface area (Å²) in [5, 5.41) is 0. The minimum Gasteiger partial charge on any atom is -0.345 e. The smallest absolute Gasteiger partial charge is 0.253 e. The number of hydrogen-bond donors (Lipinski definition) is 1. The number of carbonyl (C=O) groups excluding carboxylic acids is 1. The van der Waals surface area contributed by atoms with Crippen molar-refractivity contribution in [1.82, 2.24) is 4.90 Å². The van der Waals surface area contributed by atoms with Crippen LogP contribution in [0.5, 0.6) is 0 Å². The molecule has 0 aliphatic carbocycles. The van der Waals surface area contributed by atoms with Crippen molar-refractivity contribution in [3.63, 3.8) is 0 Å². The molecule has 0 spiro atoms. The van der Waals surface area contributed by atoms with Gasteiger partial charge >= 0.3 is 0 Å². The maximum atomic E-state index is 11.6. The van der Waals surface area contributed by atoms with Gasteiger partial charge in [0.2, 0.25) is 0 Å². The molecule has 0 radical (unpaired) electrons. The fourth-order valence-corrected chi connectivity index (χ4v) is 1.34. The predicted octanol–water partition coefficient (Wildman–Crippen LogP) is 1.51. The standard InChI is InChI=1S/C12H18N2O2/c1-12(2,16-13)10-7-5-9(6-8-10)11(15)14(3)4/h5-8H,13H2,1-4H3. The Morgan fingerprint density at radius 1 is 1.25 bits per heavy atom. The predicted molar refractivity (Wildman–Crippen MR) is 62.8 cm³/mol. The third-order valence-corrected chi connectivity index (χ3v) is 2.53. The Labute approximate surface area is 95.9 Å². The highest BCUT2D eigenvalue weighted by Gasteiger charge is 2.20. The molecule has 0 aliphatic rings. The van der Waals surface area contributed by atoms with Crippen molar-refractivity contribution in [3.8, 4) is 0 Å². The Kier molecular flexibility index (Phi) is 3.67. The van der Waals surface area contributed by atoms with Crippen LogP contribution in [0.2, 0.25) is 0 Å². The Balaban J connectivity index is 2.96. The van der Waals surface area contributed by atoms with Gasteiger partial charge < -0.3 is 4.90 Å². The van der Waals surface area contributed by atoms with Crippen LogP contribution in [0.3, 0.4) is 0 Å². The lowest BCUT2D eigenvalue weighted by atomic mass is 9.97. The number of amides is 1. The van der Waals surface area contributed by atoms with Crippen molar-refractivity contribution >= 4 is 5.91 Å². The van der Waals surface area contributed by atoms with Gasteiger partial charge in [-0.05, 0) is 31.5 Å². The van der Waals surface area contributed by atoms with E-state index in [1.54, 1.807) is 31.1 Å². The molecule has 1 amide bonds. The summed E-state index contributed by atoms with van der Waals surface area (Å²) < 4.78 is 0. The fourth-order valence-electron chi connectivity index (χ4n) is 1.34. The normalized spacial score (nSPS) is 11.3. The molecular formula is C12H18N2O2. The molecule has 0 aliphatic heterocycles. The monoisotopic (exact) mass is 222 g/mol. The highest BCUT2D eigenvalue weighted by atomic mass is 16.6. The van der Waals surface area contributed by atoms with Crippen LogP contribution in [0.1, 0.15) is 29.8 Å². The number of nitrogens with zero attached hydrogens (tertiary/aromatic N) is 1. The first-order chi connectivity index (χ1) is 7.38. The fraction of sp³-hybridized carbons (Fsp3) is 0.417. The molecule has 4 heteroatoms. The van der Waals surface area contributed by atoms with Crippen molar-refractivity contribution in [3.05, 3.63) is 35.4 Å². The second kappa shape index (κ2) is 4.63. The van der Waals surface area contributed by atoms with Crippen molar-refractivity contribution in [1.29, 1.82) is 0 Å². The minimum absolute atomic E-state index is 0.0157. The van der Waals surface area contributed by atoms with E-state index in [4.69, 9.17) is 10.7 Å². The molecule has 0 saturated heterocycles. The molecule has 0 atom stereocenters. The summed E-state index contributed by atoms with van der Waals surface area (Å²) in [5.74, 6) is 5.19. The van der Waals surface area contributed by atoms with Crippen LogP contribution in [0, 0.1) is 0 Å². The van der Waals surface area contributed by atoms with Crippen LogP contribution in [0.4, 0.5) is 0 Å². The summed E-state index contributed by atoms with van der Waals surface area (Å²) in [5.41, 5.74) is 1.05. The minimum atomic E-state index is -0.542. The zero-order valence-electron chi connectivity index (χ0n) is 10.2. The lowest BCUT2D eigenvalue weighted by Gasteiger charge is -2.22. The lowest BCUT2D eigenvalue weighted by Crippen LogP contribution is -2.26. The third kappa shape index (κ3) is 2.59. The molecule has 4 nitrogen and oxygen atoms in total. The molecule has 0 bridgehead atoms. The summed E-state index contributed by atoms with van der Waals surface area (Å²) in [7, 11) is 3.45. The molecule has 88 valence electrons. The molecule has 1 aromatic rings. The van der Waals surface area contributed by atoms with Crippen molar-refractivity contribution in [2.45, 2.75) is 19.4 Å². The van der Waals surface area contributed by atoms with Gasteiger partial charge in [0.05, 0.1) is 0 Å².